The van der Waals surface area contributed by atoms with Crippen LogP contribution in [0.3, 0.4) is 0 Å². The Labute approximate surface area is 140 Å². The van der Waals surface area contributed by atoms with E-state index >= 15 is 0 Å². The molecule has 1 atom stereocenters. The van der Waals surface area contributed by atoms with Crippen molar-refractivity contribution in [1.82, 2.24) is 4.90 Å². The Kier molecular flexibility index (Phi) is 5.00. The summed E-state index contributed by atoms with van der Waals surface area (Å²) in [4.78, 5) is 25.0. The zero-order chi connectivity index (χ0) is 15.9. The zero-order valence-corrected chi connectivity index (χ0v) is 14.0. The molecule has 1 fully saturated rings. The number of rotatable bonds is 3. The van der Waals surface area contributed by atoms with Gasteiger partial charge in [-0.1, -0.05) is 12.1 Å². The highest BCUT2D eigenvalue weighted by Gasteiger charge is 2.31. The van der Waals surface area contributed by atoms with Crippen molar-refractivity contribution in [3.8, 4) is 0 Å². The fourth-order valence-electron chi connectivity index (χ4n) is 2.99. The standard InChI is InChI=1S/C17H19NO4.ClH/c1-10-3-4-14-13(9-22-16(14)11(10)2)7-15(19)18-6-5-12(8-18)17(20)21;/h3-4,9,12H,5-8H2,1-2H3,(H,20,21);1H. The van der Waals surface area contributed by atoms with Gasteiger partial charge >= 0.3 is 5.97 Å². The number of nitrogens with zero attached hydrogens (tertiary/aromatic N) is 1. The number of hydrogen-bond acceptors (Lipinski definition) is 3. The van der Waals surface area contributed by atoms with Crippen molar-refractivity contribution in [2.24, 2.45) is 5.92 Å². The molecule has 2 heterocycles. The Bertz CT molecular complexity index is 752. The topological polar surface area (TPSA) is 70.8 Å². The van der Waals surface area contributed by atoms with Gasteiger partial charge in [-0.2, -0.15) is 0 Å². The quantitative estimate of drug-likeness (QED) is 0.934. The Balaban J connectivity index is 0.00000192. The lowest BCUT2D eigenvalue weighted by atomic mass is 10.0. The predicted molar refractivity (Wildman–Crippen MR) is 89.0 cm³/mol. The number of furan rings is 1. The Morgan fingerprint density at radius 2 is 2.09 bits per heavy atom. The second kappa shape index (κ2) is 6.62. The predicted octanol–water partition coefficient (Wildman–Crippen LogP) is 2.95. The van der Waals surface area contributed by atoms with Gasteiger partial charge in [0, 0.05) is 24.0 Å². The average Bonchev–Trinajstić information content (AvgIpc) is 3.10. The number of aliphatic carboxylic acids is 1. The first-order chi connectivity index (χ1) is 10.5. The molecule has 0 aliphatic carbocycles. The largest absolute Gasteiger partial charge is 0.481 e. The molecule has 1 amide bonds. The number of amides is 1. The second-order valence-electron chi connectivity index (χ2n) is 5.99. The molecule has 0 spiro atoms. The molecule has 1 saturated heterocycles. The summed E-state index contributed by atoms with van der Waals surface area (Å²) in [6.45, 7) is 4.86. The van der Waals surface area contributed by atoms with E-state index in [-0.39, 0.29) is 24.7 Å². The van der Waals surface area contributed by atoms with E-state index in [1.165, 1.54) is 0 Å². The lowest BCUT2D eigenvalue weighted by molar-refractivity contribution is -0.141. The smallest absolute Gasteiger partial charge is 0.308 e. The maximum absolute atomic E-state index is 12.4. The third-order valence-electron chi connectivity index (χ3n) is 4.57. The van der Waals surface area contributed by atoms with Crippen molar-refractivity contribution in [3.63, 3.8) is 0 Å². The molecule has 1 unspecified atom stereocenters. The molecule has 0 saturated carbocycles. The van der Waals surface area contributed by atoms with Crippen molar-refractivity contribution in [1.29, 1.82) is 0 Å². The van der Waals surface area contributed by atoms with Crippen LogP contribution < -0.4 is 0 Å². The number of fused-ring (bicyclic) bond motifs is 1. The number of halogens is 1. The van der Waals surface area contributed by atoms with Gasteiger partial charge in [-0.3, -0.25) is 9.59 Å². The second-order valence-corrected chi connectivity index (χ2v) is 5.99. The molecule has 6 heteroatoms. The Morgan fingerprint density at radius 3 is 2.74 bits per heavy atom. The van der Waals surface area contributed by atoms with Gasteiger partial charge < -0.3 is 14.4 Å². The molecule has 0 radical (unpaired) electrons. The average molecular weight is 338 g/mol. The van der Waals surface area contributed by atoms with E-state index in [1.54, 1.807) is 11.2 Å². The van der Waals surface area contributed by atoms with Crippen molar-refractivity contribution in [3.05, 3.63) is 35.1 Å². The van der Waals surface area contributed by atoms with Gasteiger partial charge in [0.1, 0.15) is 5.58 Å². The maximum Gasteiger partial charge on any atom is 0.308 e. The zero-order valence-electron chi connectivity index (χ0n) is 13.2. The normalized spacial score (nSPS) is 17.3. The molecular formula is C17H20ClNO4. The number of carbonyl (C=O) groups excluding carboxylic acids is 1. The van der Waals surface area contributed by atoms with Crippen LogP contribution in [0, 0.1) is 19.8 Å². The number of aryl methyl sites for hydroxylation is 2. The third-order valence-corrected chi connectivity index (χ3v) is 4.57. The number of likely N-dealkylation sites (tertiary alicyclic amines) is 1. The molecule has 23 heavy (non-hydrogen) atoms. The van der Waals surface area contributed by atoms with Crippen molar-refractivity contribution >= 4 is 35.3 Å². The fourth-order valence-corrected chi connectivity index (χ4v) is 2.99. The molecule has 1 aromatic carbocycles. The van der Waals surface area contributed by atoms with E-state index in [9.17, 15) is 9.59 Å². The minimum Gasteiger partial charge on any atom is -0.481 e. The molecule has 124 valence electrons. The number of carboxylic acids is 1. The number of carboxylic acid groups (broad SMARTS) is 1. The molecule has 5 nitrogen and oxygen atoms in total. The summed E-state index contributed by atoms with van der Waals surface area (Å²) in [5.74, 6) is -1.30. The van der Waals surface area contributed by atoms with Crippen LogP contribution in [0.25, 0.3) is 11.0 Å². The van der Waals surface area contributed by atoms with E-state index in [1.807, 2.05) is 26.0 Å². The summed E-state index contributed by atoms with van der Waals surface area (Å²) in [5, 5.41) is 9.98. The van der Waals surface area contributed by atoms with Crippen LogP contribution in [0.2, 0.25) is 0 Å². The minimum absolute atomic E-state index is 0. The summed E-state index contributed by atoms with van der Waals surface area (Å²) in [6, 6.07) is 4.01. The fraction of sp³-hybridized carbons (Fsp3) is 0.412. The molecule has 1 aromatic heterocycles. The molecular weight excluding hydrogens is 318 g/mol. The van der Waals surface area contributed by atoms with E-state index in [2.05, 4.69) is 0 Å². The number of hydrogen-bond donors (Lipinski definition) is 1. The van der Waals surface area contributed by atoms with Crippen LogP contribution in [0.15, 0.2) is 22.8 Å². The van der Waals surface area contributed by atoms with E-state index in [0.29, 0.717) is 19.5 Å². The number of carbonyl (C=O) groups is 2. The summed E-state index contributed by atoms with van der Waals surface area (Å²) < 4.78 is 5.62. The van der Waals surface area contributed by atoms with Crippen LogP contribution in [0.1, 0.15) is 23.1 Å². The van der Waals surface area contributed by atoms with Gasteiger partial charge in [0.05, 0.1) is 18.6 Å². The third kappa shape index (κ3) is 3.20. The molecule has 2 aromatic rings. The van der Waals surface area contributed by atoms with E-state index < -0.39 is 11.9 Å². The van der Waals surface area contributed by atoms with Gasteiger partial charge in [0.25, 0.3) is 0 Å². The van der Waals surface area contributed by atoms with Crippen LogP contribution in [0.4, 0.5) is 0 Å². The SMILES string of the molecule is Cc1ccc2c(CC(=O)N3CCC(C(=O)O)C3)coc2c1C.Cl. The lowest BCUT2D eigenvalue weighted by Crippen LogP contribution is -2.31. The van der Waals surface area contributed by atoms with Crippen LogP contribution in [-0.4, -0.2) is 35.0 Å². The highest BCUT2D eigenvalue weighted by atomic mass is 35.5. The first-order valence-corrected chi connectivity index (χ1v) is 7.44. The van der Waals surface area contributed by atoms with Gasteiger partial charge in [0.2, 0.25) is 5.91 Å². The van der Waals surface area contributed by atoms with Gasteiger partial charge in [-0.05, 0) is 31.4 Å². The summed E-state index contributed by atoms with van der Waals surface area (Å²) in [7, 11) is 0. The molecule has 1 N–H and O–H groups in total. The first-order valence-electron chi connectivity index (χ1n) is 7.44. The lowest BCUT2D eigenvalue weighted by Gasteiger charge is -2.15. The monoisotopic (exact) mass is 337 g/mol. The maximum atomic E-state index is 12.4. The number of benzene rings is 1. The van der Waals surface area contributed by atoms with Gasteiger partial charge in [-0.25, -0.2) is 0 Å². The van der Waals surface area contributed by atoms with E-state index in [0.717, 1.165) is 27.7 Å². The minimum atomic E-state index is -0.824. The van der Waals surface area contributed by atoms with Gasteiger partial charge in [-0.15, -0.1) is 12.4 Å². The highest BCUT2D eigenvalue weighted by molar-refractivity contribution is 5.90. The van der Waals surface area contributed by atoms with Crippen LogP contribution >= 0.6 is 12.4 Å². The van der Waals surface area contributed by atoms with Crippen molar-refractivity contribution < 1.29 is 19.1 Å². The van der Waals surface area contributed by atoms with Crippen molar-refractivity contribution in [2.75, 3.05) is 13.1 Å². The Morgan fingerprint density at radius 1 is 1.35 bits per heavy atom. The summed E-state index contributed by atoms with van der Waals surface area (Å²) in [6.07, 6.45) is 2.42. The van der Waals surface area contributed by atoms with Crippen LogP contribution in [0.5, 0.6) is 0 Å². The molecule has 1 aliphatic rings. The van der Waals surface area contributed by atoms with Gasteiger partial charge in [0.15, 0.2) is 0 Å². The summed E-state index contributed by atoms with van der Waals surface area (Å²) in [5.41, 5.74) is 3.93. The molecule has 3 rings (SSSR count). The molecule has 0 bridgehead atoms. The summed E-state index contributed by atoms with van der Waals surface area (Å²) >= 11 is 0. The Hall–Kier alpha value is -2.01. The highest BCUT2D eigenvalue weighted by Crippen LogP contribution is 2.27. The van der Waals surface area contributed by atoms with Crippen LogP contribution in [-0.2, 0) is 16.0 Å². The first kappa shape index (κ1) is 17.3. The van der Waals surface area contributed by atoms with Crippen molar-refractivity contribution in [2.45, 2.75) is 26.7 Å². The molecule has 1 aliphatic heterocycles. The van der Waals surface area contributed by atoms with E-state index in [4.69, 9.17) is 9.52 Å².